The average Bonchev–Trinajstić information content (AvgIpc) is 2.68. The zero-order chi connectivity index (χ0) is 13.6. The van der Waals surface area contributed by atoms with Crippen molar-refractivity contribution < 1.29 is 4.74 Å². The molecule has 0 saturated carbocycles. The molecule has 1 unspecified atom stereocenters. The molecular weight excluding hydrogens is 363 g/mol. The summed E-state index contributed by atoms with van der Waals surface area (Å²) in [7, 11) is 0. The van der Waals surface area contributed by atoms with Crippen molar-refractivity contribution in [1.29, 1.82) is 0 Å². The zero-order valence-corrected chi connectivity index (χ0v) is 14.1. The van der Waals surface area contributed by atoms with Crippen LogP contribution in [0.1, 0.15) is 52.1 Å². The van der Waals surface area contributed by atoms with Gasteiger partial charge < -0.3 is 4.74 Å². The minimum atomic E-state index is -0.381. The number of hydrogen-bond donors (Lipinski definition) is 0. The number of hydrogen-bond acceptors (Lipinski definition) is 3. The molecule has 0 amide bonds. The lowest BCUT2D eigenvalue weighted by Crippen LogP contribution is -2.27. The summed E-state index contributed by atoms with van der Waals surface area (Å²) in [5, 5.41) is 0.530. The van der Waals surface area contributed by atoms with Crippen molar-refractivity contribution in [3.05, 3.63) is 20.2 Å². The van der Waals surface area contributed by atoms with Gasteiger partial charge in [0, 0.05) is 12.0 Å². The van der Waals surface area contributed by atoms with Gasteiger partial charge in [0.2, 0.25) is 0 Å². The molecule has 1 saturated heterocycles. The fourth-order valence-corrected chi connectivity index (χ4v) is 3.33. The standard InChI is InChI=1S/C13H18ClIN2O/c1-12(2,3)9-8(15)10(14)17-11(16-9)13(4)6-5-7-18-13/h5-7H2,1-4H3. The van der Waals surface area contributed by atoms with E-state index in [-0.39, 0.29) is 11.0 Å². The Bertz CT molecular complexity index is 465. The highest BCUT2D eigenvalue weighted by molar-refractivity contribution is 14.1. The van der Waals surface area contributed by atoms with E-state index in [0.717, 1.165) is 34.5 Å². The molecule has 0 radical (unpaired) electrons. The molecule has 5 heteroatoms. The van der Waals surface area contributed by atoms with Gasteiger partial charge in [-0.05, 0) is 42.4 Å². The molecule has 1 aromatic heterocycles. The Labute approximate surface area is 127 Å². The van der Waals surface area contributed by atoms with Crippen LogP contribution in [0.5, 0.6) is 0 Å². The highest BCUT2D eigenvalue weighted by atomic mass is 127. The molecule has 1 aliphatic heterocycles. The van der Waals surface area contributed by atoms with Gasteiger partial charge >= 0.3 is 0 Å². The van der Waals surface area contributed by atoms with Crippen LogP contribution in [0.25, 0.3) is 0 Å². The number of ether oxygens (including phenoxy) is 1. The van der Waals surface area contributed by atoms with E-state index < -0.39 is 0 Å². The van der Waals surface area contributed by atoms with Gasteiger partial charge in [0.25, 0.3) is 0 Å². The zero-order valence-electron chi connectivity index (χ0n) is 11.2. The summed E-state index contributed by atoms with van der Waals surface area (Å²) in [5.74, 6) is 0.718. The molecule has 1 aromatic rings. The quantitative estimate of drug-likeness (QED) is 0.544. The van der Waals surface area contributed by atoms with Crippen LogP contribution < -0.4 is 0 Å². The number of nitrogens with zero attached hydrogens (tertiary/aromatic N) is 2. The summed E-state index contributed by atoms with van der Waals surface area (Å²) in [6, 6.07) is 0. The maximum absolute atomic E-state index is 6.25. The van der Waals surface area contributed by atoms with E-state index in [1.54, 1.807) is 0 Å². The molecule has 2 heterocycles. The third-order valence-corrected chi connectivity index (χ3v) is 4.83. The molecule has 1 aliphatic rings. The first-order valence-electron chi connectivity index (χ1n) is 6.12. The smallest absolute Gasteiger partial charge is 0.162 e. The van der Waals surface area contributed by atoms with Crippen molar-refractivity contribution in [1.82, 2.24) is 9.97 Å². The SMILES string of the molecule is CC(C)(C)c1nc(C2(C)CCCO2)nc(Cl)c1I. The van der Waals surface area contributed by atoms with Gasteiger partial charge in [-0.1, -0.05) is 32.4 Å². The van der Waals surface area contributed by atoms with Crippen molar-refractivity contribution in [2.75, 3.05) is 6.61 Å². The van der Waals surface area contributed by atoms with Crippen LogP contribution >= 0.6 is 34.2 Å². The second-order valence-corrected chi connectivity index (χ2v) is 7.37. The molecule has 2 rings (SSSR count). The Morgan fingerprint density at radius 2 is 2.00 bits per heavy atom. The molecule has 1 atom stereocenters. The van der Waals surface area contributed by atoms with Crippen LogP contribution in [0, 0.1) is 3.57 Å². The van der Waals surface area contributed by atoms with Crippen LogP contribution in [0.4, 0.5) is 0 Å². The van der Waals surface area contributed by atoms with Crippen LogP contribution in [0.2, 0.25) is 5.15 Å². The van der Waals surface area contributed by atoms with E-state index in [2.05, 4.69) is 48.3 Å². The van der Waals surface area contributed by atoms with E-state index >= 15 is 0 Å². The highest BCUT2D eigenvalue weighted by Gasteiger charge is 2.36. The van der Waals surface area contributed by atoms with Crippen molar-refractivity contribution in [2.45, 2.75) is 51.6 Å². The van der Waals surface area contributed by atoms with Crippen molar-refractivity contribution >= 4 is 34.2 Å². The molecular formula is C13H18ClIN2O. The van der Waals surface area contributed by atoms with E-state index in [0.29, 0.717) is 5.15 Å². The van der Waals surface area contributed by atoms with Gasteiger partial charge in [-0.25, -0.2) is 9.97 Å². The van der Waals surface area contributed by atoms with Gasteiger partial charge in [0.1, 0.15) is 10.8 Å². The Balaban J connectivity index is 2.54. The lowest BCUT2D eigenvalue weighted by Gasteiger charge is -2.26. The Morgan fingerprint density at radius 3 is 2.50 bits per heavy atom. The Hall–Kier alpha value is 0.0600. The minimum Gasteiger partial charge on any atom is -0.367 e. The topological polar surface area (TPSA) is 35.0 Å². The third-order valence-electron chi connectivity index (χ3n) is 3.21. The van der Waals surface area contributed by atoms with Gasteiger partial charge in [-0.3, -0.25) is 0 Å². The van der Waals surface area contributed by atoms with Gasteiger partial charge in [-0.2, -0.15) is 0 Å². The predicted molar refractivity (Wildman–Crippen MR) is 81.0 cm³/mol. The average molecular weight is 381 g/mol. The maximum Gasteiger partial charge on any atom is 0.162 e. The fraction of sp³-hybridized carbons (Fsp3) is 0.692. The number of aromatic nitrogens is 2. The molecule has 0 N–H and O–H groups in total. The van der Waals surface area contributed by atoms with Crippen molar-refractivity contribution in [3.8, 4) is 0 Å². The lowest BCUT2D eigenvalue weighted by atomic mass is 9.91. The van der Waals surface area contributed by atoms with E-state index in [1.807, 2.05) is 6.92 Å². The summed E-state index contributed by atoms with van der Waals surface area (Å²) in [6.07, 6.45) is 2.00. The van der Waals surface area contributed by atoms with Crippen molar-refractivity contribution in [3.63, 3.8) is 0 Å². The van der Waals surface area contributed by atoms with Gasteiger partial charge in [0.15, 0.2) is 5.82 Å². The fourth-order valence-electron chi connectivity index (χ4n) is 2.11. The molecule has 0 aliphatic carbocycles. The summed E-state index contributed by atoms with van der Waals surface area (Å²) in [4.78, 5) is 9.15. The molecule has 0 aromatic carbocycles. The highest BCUT2D eigenvalue weighted by Crippen LogP contribution is 2.37. The molecule has 18 heavy (non-hydrogen) atoms. The summed E-state index contributed by atoms with van der Waals surface area (Å²) in [6.45, 7) is 9.22. The second kappa shape index (κ2) is 4.87. The largest absolute Gasteiger partial charge is 0.367 e. The Kier molecular flexibility index (Phi) is 3.91. The number of rotatable bonds is 1. The predicted octanol–water partition coefficient (Wildman–Crippen LogP) is 4.06. The monoisotopic (exact) mass is 380 g/mol. The van der Waals surface area contributed by atoms with Gasteiger partial charge in [0.05, 0.1) is 9.26 Å². The first-order chi connectivity index (χ1) is 8.24. The first kappa shape index (κ1) is 14.5. The van der Waals surface area contributed by atoms with Crippen LogP contribution in [0.15, 0.2) is 0 Å². The Morgan fingerprint density at radius 1 is 1.33 bits per heavy atom. The van der Waals surface area contributed by atoms with Crippen LogP contribution in [-0.2, 0) is 15.8 Å². The summed E-state index contributed by atoms with van der Waals surface area (Å²) in [5.41, 5.74) is 0.565. The molecule has 100 valence electrons. The molecule has 0 spiro atoms. The molecule has 3 nitrogen and oxygen atoms in total. The third kappa shape index (κ3) is 2.65. The minimum absolute atomic E-state index is 0.0488. The summed E-state index contributed by atoms with van der Waals surface area (Å²) >= 11 is 8.47. The second-order valence-electron chi connectivity index (χ2n) is 5.93. The van der Waals surface area contributed by atoms with Crippen LogP contribution in [-0.4, -0.2) is 16.6 Å². The van der Waals surface area contributed by atoms with Gasteiger partial charge in [-0.15, -0.1) is 0 Å². The van der Waals surface area contributed by atoms with Crippen LogP contribution in [0.3, 0.4) is 0 Å². The number of halogens is 2. The molecule has 0 bridgehead atoms. The maximum atomic E-state index is 6.25. The summed E-state index contributed by atoms with van der Waals surface area (Å²) < 4.78 is 6.74. The first-order valence-corrected chi connectivity index (χ1v) is 7.58. The normalized spacial score (nSPS) is 24.6. The van der Waals surface area contributed by atoms with E-state index in [4.69, 9.17) is 21.3 Å². The van der Waals surface area contributed by atoms with Crippen molar-refractivity contribution in [2.24, 2.45) is 0 Å². The molecule has 1 fully saturated rings. The van der Waals surface area contributed by atoms with E-state index in [1.165, 1.54) is 0 Å². The lowest BCUT2D eigenvalue weighted by molar-refractivity contribution is 0.00898. The van der Waals surface area contributed by atoms with E-state index in [9.17, 15) is 0 Å².